The number of rotatable bonds is 6. The maximum atomic E-state index is 9.22. The summed E-state index contributed by atoms with van der Waals surface area (Å²) >= 11 is 0. The zero-order chi connectivity index (χ0) is 12.0. The van der Waals surface area contributed by atoms with Crippen molar-refractivity contribution in [1.82, 2.24) is 9.97 Å². The molecule has 2 N–H and O–H groups in total. The van der Waals surface area contributed by atoms with Crippen molar-refractivity contribution in [2.45, 2.75) is 39.7 Å². The van der Waals surface area contributed by atoms with Gasteiger partial charge < -0.3 is 10.4 Å². The summed E-state index contributed by atoms with van der Waals surface area (Å²) in [5.41, 5.74) is 1.04. The van der Waals surface area contributed by atoms with Gasteiger partial charge in [-0.1, -0.05) is 27.2 Å². The Morgan fingerprint density at radius 1 is 1.38 bits per heavy atom. The molecular weight excluding hydrogens is 202 g/mol. The first-order valence-electron chi connectivity index (χ1n) is 5.85. The summed E-state index contributed by atoms with van der Waals surface area (Å²) in [5, 5.41) is 12.5. The van der Waals surface area contributed by atoms with E-state index in [2.05, 4.69) is 36.1 Å². The average molecular weight is 223 g/mol. The van der Waals surface area contributed by atoms with E-state index in [9.17, 15) is 5.11 Å². The van der Waals surface area contributed by atoms with Crippen LogP contribution in [0.5, 0.6) is 0 Å². The van der Waals surface area contributed by atoms with E-state index in [1.165, 1.54) is 0 Å². The van der Waals surface area contributed by atoms with Gasteiger partial charge in [-0.3, -0.25) is 0 Å². The SMILES string of the molecule is CCCc1cc(N[C@H](CO)C(C)C)ncn1. The summed E-state index contributed by atoms with van der Waals surface area (Å²) in [6.07, 6.45) is 3.61. The molecule has 1 atom stereocenters. The fourth-order valence-electron chi connectivity index (χ4n) is 1.48. The molecule has 0 aromatic carbocycles. The smallest absolute Gasteiger partial charge is 0.129 e. The third kappa shape index (κ3) is 3.77. The van der Waals surface area contributed by atoms with Crippen LogP contribution in [-0.4, -0.2) is 27.7 Å². The number of aryl methyl sites for hydroxylation is 1. The predicted octanol–water partition coefficient (Wildman–Crippen LogP) is 1.86. The zero-order valence-electron chi connectivity index (χ0n) is 10.3. The van der Waals surface area contributed by atoms with E-state index in [0.29, 0.717) is 5.92 Å². The molecule has 0 amide bonds. The highest BCUT2D eigenvalue weighted by Gasteiger charge is 2.12. The van der Waals surface area contributed by atoms with E-state index in [4.69, 9.17) is 0 Å². The van der Waals surface area contributed by atoms with E-state index >= 15 is 0 Å². The Hall–Kier alpha value is -1.16. The Bertz CT molecular complexity index is 315. The maximum absolute atomic E-state index is 9.22. The lowest BCUT2D eigenvalue weighted by atomic mass is 10.1. The minimum atomic E-state index is 0.0457. The van der Waals surface area contributed by atoms with Gasteiger partial charge in [-0.15, -0.1) is 0 Å². The number of nitrogens with one attached hydrogen (secondary N) is 1. The molecule has 0 fully saturated rings. The van der Waals surface area contributed by atoms with Gasteiger partial charge in [-0.2, -0.15) is 0 Å². The second-order valence-corrected chi connectivity index (χ2v) is 4.32. The third-order valence-corrected chi connectivity index (χ3v) is 2.56. The van der Waals surface area contributed by atoms with Crippen LogP contribution in [0.2, 0.25) is 0 Å². The molecule has 0 saturated heterocycles. The second kappa shape index (κ2) is 6.43. The molecule has 0 saturated carbocycles. The number of aromatic nitrogens is 2. The van der Waals surface area contributed by atoms with Gasteiger partial charge in [-0.25, -0.2) is 9.97 Å². The Morgan fingerprint density at radius 2 is 2.12 bits per heavy atom. The molecule has 0 unspecified atom stereocenters. The molecule has 0 radical (unpaired) electrons. The Morgan fingerprint density at radius 3 is 2.69 bits per heavy atom. The summed E-state index contributed by atoms with van der Waals surface area (Å²) in [5.74, 6) is 1.17. The number of aliphatic hydroxyl groups excluding tert-OH is 1. The third-order valence-electron chi connectivity index (χ3n) is 2.56. The van der Waals surface area contributed by atoms with Gasteiger partial charge in [0.2, 0.25) is 0 Å². The molecule has 0 aliphatic rings. The highest BCUT2D eigenvalue weighted by molar-refractivity contribution is 5.36. The Balaban J connectivity index is 2.68. The number of aliphatic hydroxyl groups is 1. The average Bonchev–Trinajstić information content (AvgIpc) is 2.26. The van der Waals surface area contributed by atoms with Crippen LogP contribution in [0, 0.1) is 5.92 Å². The number of hydrogen-bond acceptors (Lipinski definition) is 4. The van der Waals surface area contributed by atoms with Crippen molar-refractivity contribution < 1.29 is 5.11 Å². The Kier molecular flexibility index (Phi) is 5.19. The van der Waals surface area contributed by atoms with Gasteiger partial charge in [0.1, 0.15) is 12.1 Å². The van der Waals surface area contributed by atoms with Gasteiger partial charge in [0, 0.05) is 11.8 Å². The summed E-state index contributed by atoms with van der Waals surface area (Å²) in [7, 11) is 0. The molecule has 1 aromatic heterocycles. The highest BCUT2D eigenvalue weighted by Crippen LogP contribution is 2.11. The molecule has 0 spiro atoms. The first-order valence-corrected chi connectivity index (χ1v) is 5.85. The molecule has 1 heterocycles. The fraction of sp³-hybridized carbons (Fsp3) is 0.667. The van der Waals surface area contributed by atoms with E-state index in [-0.39, 0.29) is 12.6 Å². The van der Waals surface area contributed by atoms with E-state index in [0.717, 1.165) is 24.4 Å². The number of nitrogens with zero attached hydrogens (tertiary/aromatic N) is 2. The van der Waals surface area contributed by atoms with Crippen molar-refractivity contribution in [1.29, 1.82) is 0 Å². The van der Waals surface area contributed by atoms with Crippen LogP contribution in [0.15, 0.2) is 12.4 Å². The zero-order valence-corrected chi connectivity index (χ0v) is 10.3. The standard InChI is InChI=1S/C12H21N3O/c1-4-5-10-6-12(14-8-13-10)15-11(7-16)9(2)3/h6,8-9,11,16H,4-5,7H2,1-3H3,(H,13,14,15)/t11-/m1/s1. The first kappa shape index (κ1) is 12.9. The topological polar surface area (TPSA) is 58.0 Å². The van der Waals surface area contributed by atoms with Gasteiger partial charge in [0.15, 0.2) is 0 Å². The minimum Gasteiger partial charge on any atom is -0.394 e. The second-order valence-electron chi connectivity index (χ2n) is 4.32. The molecule has 90 valence electrons. The minimum absolute atomic E-state index is 0.0457. The quantitative estimate of drug-likeness (QED) is 0.773. The highest BCUT2D eigenvalue weighted by atomic mass is 16.3. The monoisotopic (exact) mass is 223 g/mol. The molecule has 1 rings (SSSR count). The van der Waals surface area contributed by atoms with Crippen LogP contribution in [0.3, 0.4) is 0 Å². The van der Waals surface area contributed by atoms with Crippen molar-refractivity contribution in [3.8, 4) is 0 Å². The molecule has 0 aliphatic carbocycles. The predicted molar refractivity (Wildman–Crippen MR) is 65.4 cm³/mol. The van der Waals surface area contributed by atoms with Crippen LogP contribution in [0.1, 0.15) is 32.9 Å². The van der Waals surface area contributed by atoms with Gasteiger partial charge in [0.25, 0.3) is 0 Å². The van der Waals surface area contributed by atoms with E-state index in [1.807, 2.05) is 6.07 Å². The maximum Gasteiger partial charge on any atom is 0.129 e. The van der Waals surface area contributed by atoms with Crippen LogP contribution in [0.25, 0.3) is 0 Å². The lowest BCUT2D eigenvalue weighted by molar-refractivity contribution is 0.249. The molecule has 4 nitrogen and oxygen atoms in total. The lowest BCUT2D eigenvalue weighted by Crippen LogP contribution is -2.29. The molecule has 0 bridgehead atoms. The summed E-state index contributed by atoms with van der Waals surface area (Å²) in [6.45, 7) is 6.38. The summed E-state index contributed by atoms with van der Waals surface area (Å²) < 4.78 is 0. The molecule has 1 aromatic rings. The van der Waals surface area contributed by atoms with Gasteiger partial charge in [0.05, 0.1) is 12.6 Å². The molecule has 4 heteroatoms. The van der Waals surface area contributed by atoms with Crippen molar-refractivity contribution >= 4 is 5.82 Å². The molecular formula is C12H21N3O. The van der Waals surface area contributed by atoms with Gasteiger partial charge in [-0.05, 0) is 12.3 Å². The van der Waals surface area contributed by atoms with Crippen LogP contribution >= 0.6 is 0 Å². The van der Waals surface area contributed by atoms with E-state index in [1.54, 1.807) is 6.33 Å². The van der Waals surface area contributed by atoms with Crippen LogP contribution < -0.4 is 5.32 Å². The van der Waals surface area contributed by atoms with Crippen LogP contribution in [-0.2, 0) is 6.42 Å². The van der Waals surface area contributed by atoms with E-state index < -0.39 is 0 Å². The largest absolute Gasteiger partial charge is 0.394 e. The van der Waals surface area contributed by atoms with Crippen LogP contribution in [0.4, 0.5) is 5.82 Å². The lowest BCUT2D eigenvalue weighted by Gasteiger charge is -2.20. The number of anilines is 1. The van der Waals surface area contributed by atoms with Gasteiger partial charge >= 0.3 is 0 Å². The van der Waals surface area contributed by atoms with Crippen molar-refractivity contribution in [2.75, 3.05) is 11.9 Å². The summed E-state index contributed by atoms with van der Waals surface area (Å²) in [6, 6.07) is 2.00. The van der Waals surface area contributed by atoms with Crippen molar-refractivity contribution in [3.63, 3.8) is 0 Å². The Labute approximate surface area is 97.1 Å². The number of hydrogen-bond donors (Lipinski definition) is 2. The molecule has 0 aliphatic heterocycles. The molecule has 16 heavy (non-hydrogen) atoms. The summed E-state index contributed by atoms with van der Waals surface area (Å²) in [4.78, 5) is 8.35. The van der Waals surface area contributed by atoms with Crippen molar-refractivity contribution in [2.24, 2.45) is 5.92 Å². The normalized spacial score (nSPS) is 12.8. The van der Waals surface area contributed by atoms with Crippen molar-refractivity contribution in [3.05, 3.63) is 18.1 Å². The first-order chi connectivity index (χ1) is 7.67. The fourth-order valence-corrected chi connectivity index (χ4v) is 1.48.